The molecule has 1 fully saturated rings. The average Bonchev–Trinajstić information content (AvgIpc) is 3.04. The highest BCUT2D eigenvalue weighted by Crippen LogP contribution is 2.28. The van der Waals surface area contributed by atoms with E-state index in [2.05, 4.69) is 15.2 Å². The van der Waals surface area contributed by atoms with Gasteiger partial charge in [-0.05, 0) is 43.6 Å². The second-order valence-electron chi connectivity index (χ2n) is 6.91. The van der Waals surface area contributed by atoms with Gasteiger partial charge in [0.15, 0.2) is 0 Å². The van der Waals surface area contributed by atoms with Crippen LogP contribution in [0, 0.1) is 11.7 Å². The maximum Gasteiger partial charge on any atom is 0.306 e. The molecule has 2 aromatic rings. The van der Waals surface area contributed by atoms with Gasteiger partial charge in [-0.1, -0.05) is 17.3 Å². The summed E-state index contributed by atoms with van der Waals surface area (Å²) in [6, 6.07) is 6.43. The monoisotopic (exact) mass is 360 g/mol. The van der Waals surface area contributed by atoms with Gasteiger partial charge in [0, 0.05) is 6.54 Å². The predicted octanol–water partition coefficient (Wildman–Crippen LogP) is 1.99. The van der Waals surface area contributed by atoms with Crippen LogP contribution in [-0.2, 0) is 29.2 Å². The molecule has 8 heteroatoms. The Labute approximate surface area is 150 Å². The van der Waals surface area contributed by atoms with Crippen LogP contribution in [0.15, 0.2) is 24.3 Å². The molecule has 26 heavy (non-hydrogen) atoms. The van der Waals surface area contributed by atoms with E-state index in [9.17, 15) is 9.18 Å². The van der Waals surface area contributed by atoms with Crippen molar-refractivity contribution in [1.29, 1.82) is 0 Å². The van der Waals surface area contributed by atoms with Crippen molar-refractivity contribution < 1.29 is 19.0 Å². The lowest BCUT2D eigenvalue weighted by Crippen LogP contribution is -2.36. The fraction of sp³-hybridized carbons (Fsp3) is 0.500. The molecule has 1 unspecified atom stereocenters. The topological polar surface area (TPSA) is 80.5 Å². The Kier molecular flexibility index (Phi) is 4.69. The third kappa shape index (κ3) is 3.47. The van der Waals surface area contributed by atoms with E-state index >= 15 is 0 Å². The van der Waals surface area contributed by atoms with E-state index in [0.29, 0.717) is 32.5 Å². The van der Waals surface area contributed by atoms with Crippen LogP contribution >= 0.6 is 0 Å². The zero-order chi connectivity index (χ0) is 18.1. The number of aliphatic carboxylic acids is 1. The van der Waals surface area contributed by atoms with E-state index in [0.717, 1.165) is 30.0 Å². The minimum absolute atomic E-state index is 0.237. The first-order valence-corrected chi connectivity index (χ1v) is 8.83. The summed E-state index contributed by atoms with van der Waals surface area (Å²) in [5.74, 6) is -1.22. The van der Waals surface area contributed by atoms with Crippen LogP contribution in [0.1, 0.15) is 35.9 Å². The highest BCUT2D eigenvalue weighted by atomic mass is 19.1. The zero-order valence-corrected chi connectivity index (χ0v) is 14.3. The third-order valence-corrected chi connectivity index (χ3v) is 5.21. The molecular formula is C18H21FN4O3. The molecular weight excluding hydrogens is 339 g/mol. The first kappa shape index (κ1) is 17.1. The van der Waals surface area contributed by atoms with Crippen LogP contribution in [0.2, 0.25) is 0 Å². The number of piperidine rings is 1. The minimum Gasteiger partial charge on any atom is -0.481 e. The highest BCUT2D eigenvalue weighted by molar-refractivity contribution is 5.70. The van der Waals surface area contributed by atoms with Crippen molar-refractivity contribution in [2.24, 2.45) is 5.92 Å². The Morgan fingerprint density at radius 2 is 2.15 bits per heavy atom. The van der Waals surface area contributed by atoms with Gasteiger partial charge in [0.2, 0.25) is 0 Å². The maximum absolute atomic E-state index is 13.4. The van der Waals surface area contributed by atoms with Crippen molar-refractivity contribution in [1.82, 2.24) is 19.9 Å². The molecule has 3 heterocycles. The molecule has 0 amide bonds. The average molecular weight is 360 g/mol. The first-order chi connectivity index (χ1) is 12.6. The van der Waals surface area contributed by atoms with Crippen LogP contribution in [0.3, 0.4) is 0 Å². The molecule has 1 N–H and O–H groups in total. The van der Waals surface area contributed by atoms with Crippen molar-refractivity contribution in [2.75, 3.05) is 13.1 Å². The van der Waals surface area contributed by atoms with E-state index in [-0.39, 0.29) is 17.8 Å². The van der Waals surface area contributed by atoms with Gasteiger partial charge in [-0.25, -0.2) is 9.07 Å². The molecule has 0 saturated carbocycles. The minimum atomic E-state index is -0.706. The first-order valence-electron chi connectivity index (χ1n) is 8.83. The number of benzene rings is 1. The van der Waals surface area contributed by atoms with E-state index in [1.807, 2.05) is 10.7 Å². The van der Waals surface area contributed by atoms with Crippen molar-refractivity contribution in [3.05, 3.63) is 47.0 Å². The predicted molar refractivity (Wildman–Crippen MR) is 89.6 cm³/mol. The number of hydrogen-bond acceptors (Lipinski definition) is 5. The molecule has 0 bridgehead atoms. The number of ether oxygens (including phenoxy) is 1. The lowest BCUT2D eigenvalue weighted by molar-refractivity contribution is -0.143. The number of nitrogens with zero attached hydrogens (tertiary/aromatic N) is 4. The fourth-order valence-electron chi connectivity index (χ4n) is 3.64. The number of carboxylic acid groups (broad SMARTS) is 1. The summed E-state index contributed by atoms with van der Waals surface area (Å²) in [4.78, 5) is 13.3. The highest BCUT2D eigenvalue weighted by Gasteiger charge is 2.28. The van der Waals surface area contributed by atoms with Gasteiger partial charge in [-0.15, -0.1) is 5.10 Å². The Morgan fingerprint density at radius 3 is 2.88 bits per heavy atom. The van der Waals surface area contributed by atoms with Crippen LogP contribution in [0.4, 0.5) is 4.39 Å². The van der Waals surface area contributed by atoms with Crippen LogP contribution < -0.4 is 0 Å². The van der Waals surface area contributed by atoms with E-state index in [1.54, 1.807) is 6.07 Å². The smallest absolute Gasteiger partial charge is 0.306 e. The van der Waals surface area contributed by atoms with E-state index in [1.165, 1.54) is 12.1 Å². The molecule has 0 aliphatic carbocycles. The summed E-state index contributed by atoms with van der Waals surface area (Å²) in [6.45, 7) is 3.03. The van der Waals surface area contributed by atoms with Crippen molar-refractivity contribution >= 4 is 5.97 Å². The summed E-state index contributed by atoms with van der Waals surface area (Å²) in [5, 5.41) is 17.6. The zero-order valence-electron chi connectivity index (χ0n) is 14.3. The molecule has 0 radical (unpaired) electrons. The number of carboxylic acids is 1. The Bertz CT molecular complexity index is 801. The SMILES string of the molecule is O=C(O)C1CCN(Cc2nnn3c2COC(c2cccc(F)c2)C3)CC1. The number of likely N-dealkylation sites (tertiary alicyclic amines) is 1. The van der Waals surface area contributed by atoms with Crippen molar-refractivity contribution in [3.8, 4) is 0 Å². The summed E-state index contributed by atoms with van der Waals surface area (Å²) in [7, 11) is 0. The van der Waals surface area contributed by atoms with E-state index < -0.39 is 5.97 Å². The van der Waals surface area contributed by atoms with Crippen molar-refractivity contribution in [2.45, 2.75) is 38.6 Å². The summed E-state index contributed by atoms with van der Waals surface area (Å²) < 4.78 is 21.2. The molecule has 1 aromatic carbocycles. The van der Waals surface area contributed by atoms with Crippen LogP contribution in [-0.4, -0.2) is 44.1 Å². The van der Waals surface area contributed by atoms with Gasteiger partial charge in [0.05, 0.1) is 24.8 Å². The van der Waals surface area contributed by atoms with Crippen LogP contribution in [0.5, 0.6) is 0 Å². The normalized spacial score (nSPS) is 21.5. The number of fused-ring (bicyclic) bond motifs is 1. The number of halogens is 1. The van der Waals surface area contributed by atoms with E-state index in [4.69, 9.17) is 9.84 Å². The van der Waals surface area contributed by atoms with Gasteiger partial charge < -0.3 is 9.84 Å². The molecule has 2 aliphatic rings. The van der Waals surface area contributed by atoms with Gasteiger partial charge in [-0.2, -0.15) is 0 Å². The standard InChI is InChI=1S/C18H21FN4O3/c19-14-3-1-2-13(8-14)17-10-23-16(11-26-17)15(20-21-23)9-22-6-4-12(5-7-22)18(24)25/h1-3,8,12,17H,4-7,9-11H2,(H,24,25). The lowest BCUT2D eigenvalue weighted by atomic mass is 9.97. The second kappa shape index (κ2) is 7.13. The third-order valence-electron chi connectivity index (χ3n) is 5.21. The van der Waals surface area contributed by atoms with Gasteiger partial charge in [0.1, 0.15) is 17.6 Å². The maximum atomic E-state index is 13.4. The number of rotatable bonds is 4. The second-order valence-corrected chi connectivity index (χ2v) is 6.91. The summed E-state index contributed by atoms with van der Waals surface area (Å²) >= 11 is 0. The molecule has 2 aliphatic heterocycles. The molecule has 7 nitrogen and oxygen atoms in total. The summed E-state index contributed by atoms with van der Waals surface area (Å²) in [6.07, 6.45) is 1.09. The van der Waals surface area contributed by atoms with Gasteiger partial charge in [-0.3, -0.25) is 9.69 Å². The lowest BCUT2D eigenvalue weighted by Gasteiger charge is -2.30. The molecule has 4 rings (SSSR count). The number of carbonyl (C=O) groups is 1. The quantitative estimate of drug-likeness (QED) is 0.898. The molecule has 138 valence electrons. The molecule has 1 aromatic heterocycles. The number of hydrogen-bond donors (Lipinski definition) is 1. The molecule has 1 atom stereocenters. The van der Waals surface area contributed by atoms with Gasteiger partial charge in [0.25, 0.3) is 0 Å². The Hall–Kier alpha value is -2.32. The van der Waals surface area contributed by atoms with Gasteiger partial charge >= 0.3 is 5.97 Å². The fourth-order valence-corrected chi connectivity index (χ4v) is 3.64. The Balaban J connectivity index is 1.41. The molecule has 0 spiro atoms. The molecule has 1 saturated heterocycles. The summed E-state index contributed by atoms with van der Waals surface area (Å²) in [5.41, 5.74) is 2.61. The van der Waals surface area contributed by atoms with Crippen LogP contribution in [0.25, 0.3) is 0 Å². The van der Waals surface area contributed by atoms with Crippen molar-refractivity contribution in [3.63, 3.8) is 0 Å². The Morgan fingerprint density at radius 1 is 1.35 bits per heavy atom. The largest absolute Gasteiger partial charge is 0.481 e. The number of aromatic nitrogens is 3.